The molecule has 0 aliphatic carbocycles. The highest BCUT2D eigenvalue weighted by atomic mass is 35.5. The predicted molar refractivity (Wildman–Crippen MR) is 68.7 cm³/mol. The maximum atomic E-state index is 11.9. The van der Waals surface area contributed by atoms with Crippen molar-refractivity contribution in [2.24, 2.45) is 0 Å². The van der Waals surface area contributed by atoms with E-state index in [0.717, 1.165) is 11.4 Å². The molecule has 2 aromatic rings. The van der Waals surface area contributed by atoms with Crippen LogP contribution < -0.4 is 5.32 Å². The van der Waals surface area contributed by atoms with Gasteiger partial charge in [-0.1, -0.05) is 11.6 Å². The van der Waals surface area contributed by atoms with Crippen molar-refractivity contribution in [2.75, 3.05) is 5.32 Å². The van der Waals surface area contributed by atoms with Crippen molar-refractivity contribution in [3.63, 3.8) is 0 Å². The van der Waals surface area contributed by atoms with E-state index in [1.54, 1.807) is 6.07 Å². The fourth-order valence-electron chi connectivity index (χ4n) is 1.50. The number of nitrogens with zero attached hydrogens (tertiary/aromatic N) is 3. The van der Waals surface area contributed by atoms with Crippen LogP contribution in [0, 0.1) is 13.8 Å². The van der Waals surface area contributed by atoms with Gasteiger partial charge in [-0.05, 0) is 32.0 Å². The van der Waals surface area contributed by atoms with Gasteiger partial charge in [0.15, 0.2) is 0 Å². The lowest BCUT2D eigenvalue weighted by Gasteiger charge is -2.05. The van der Waals surface area contributed by atoms with Crippen LogP contribution in [0.4, 0.5) is 5.95 Å². The van der Waals surface area contributed by atoms with Crippen molar-refractivity contribution in [1.82, 2.24) is 15.0 Å². The number of aromatic nitrogens is 3. The summed E-state index contributed by atoms with van der Waals surface area (Å²) >= 11 is 5.72. The molecule has 0 aromatic carbocycles. The maximum absolute atomic E-state index is 11.9. The molecule has 0 unspecified atom stereocenters. The zero-order valence-electron chi connectivity index (χ0n) is 9.94. The van der Waals surface area contributed by atoms with Gasteiger partial charge in [-0.15, -0.1) is 0 Å². The minimum atomic E-state index is -0.315. The summed E-state index contributed by atoms with van der Waals surface area (Å²) in [6, 6.07) is 4.89. The first-order chi connectivity index (χ1) is 8.54. The van der Waals surface area contributed by atoms with E-state index in [1.807, 2.05) is 19.9 Å². The van der Waals surface area contributed by atoms with Crippen molar-refractivity contribution >= 4 is 23.5 Å². The normalized spacial score (nSPS) is 10.2. The minimum absolute atomic E-state index is 0.268. The summed E-state index contributed by atoms with van der Waals surface area (Å²) in [5, 5.41) is 2.89. The molecule has 0 bridgehead atoms. The highest BCUT2D eigenvalue weighted by Gasteiger charge is 2.09. The number of nitrogens with one attached hydrogen (secondary N) is 1. The number of pyridine rings is 1. The first kappa shape index (κ1) is 12.4. The van der Waals surface area contributed by atoms with Gasteiger partial charge in [-0.3, -0.25) is 10.1 Å². The Morgan fingerprint density at radius 2 is 1.89 bits per heavy atom. The average Bonchev–Trinajstić information content (AvgIpc) is 2.27. The van der Waals surface area contributed by atoms with Crippen LogP contribution >= 0.6 is 11.6 Å². The topological polar surface area (TPSA) is 67.8 Å². The maximum Gasteiger partial charge on any atom is 0.258 e. The van der Waals surface area contributed by atoms with Gasteiger partial charge >= 0.3 is 0 Å². The third kappa shape index (κ3) is 3.01. The van der Waals surface area contributed by atoms with Crippen LogP contribution in [0.2, 0.25) is 5.15 Å². The molecule has 0 saturated carbocycles. The third-order valence-corrected chi connectivity index (χ3v) is 2.40. The van der Waals surface area contributed by atoms with Gasteiger partial charge < -0.3 is 0 Å². The molecule has 5 nitrogen and oxygen atoms in total. The monoisotopic (exact) mass is 262 g/mol. The van der Waals surface area contributed by atoms with Crippen LogP contribution in [-0.4, -0.2) is 20.9 Å². The number of hydrogen-bond acceptors (Lipinski definition) is 4. The number of rotatable bonds is 2. The largest absolute Gasteiger partial charge is 0.290 e. The van der Waals surface area contributed by atoms with Gasteiger partial charge in [-0.25, -0.2) is 15.0 Å². The van der Waals surface area contributed by atoms with E-state index in [9.17, 15) is 4.79 Å². The first-order valence-corrected chi connectivity index (χ1v) is 5.67. The lowest BCUT2D eigenvalue weighted by molar-refractivity contribution is 0.102. The fourth-order valence-corrected chi connectivity index (χ4v) is 1.67. The Bertz CT molecular complexity index is 580. The van der Waals surface area contributed by atoms with Gasteiger partial charge in [0.25, 0.3) is 5.91 Å². The standard InChI is InChI=1S/C12H11ClN4O/c1-7-5-8(2)16-12(15-7)17-11(18)9-3-4-14-10(13)6-9/h3-6H,1-2H3,(H,15,16,17,18). The number of amides is 1. The van der Waals surface area contributed by atoms with E-state index in [-0.39, 0.29) is 17.0 Å². The lowest BCUT2D eigenvalue weighted by Crippen LogP contribution is -2.15. The molecule has 18 heavy (non-hydrogen) atoms. The average molecular weight is 263 g/mol. The van der Waals surface area contributed by atoms with E-state index in [0.29, 0.717) is 5.56 Å². The summed E-state index contributed by atoms with van der Waals surface area (Å²) in [4.78, 5) is 24.0. The zero-order chi connectivity index (χ0) is 13.1. The van der Waals surface area contributed by atoms with Crippen LogP contribution in [0.5, 0.6) is 0 Å². The smallest absolute Gasteiger partial charge is 0.258 e. The Labute approximate surface area is 109 Å². The molecule has 0 fully saturated rings. The SMILES string of the molecule is Cc1cc(C)nc(NC(=O)c2ccnc(Cl)c2)n1. The zero-order valence-corrected chi connectivity index (χ0v) is 10.7. The quantitative estimate of drug-likeness (QED) is 0.844. The Kier molecular flexibility index (Phi) is 3.53. The molecule has 0 aliphatic heterocycles. The summed E-state index contributed by atoms with van der Waals surface area (Å²) in [5.41, 5.74) is 2.01. The summed E-state index contributed by atoms with van der Waals surface area (Å²) in [5.74, 6) is -0.0327. The predicted octanol–water partition coefficient (Wildman–Crippen LogP) is 2.39. The Morgan fingerprint density at radius 1 is 1.22 bits per heavy atom. The van der Waals surface area contributed by atoms with Crippen LogP contribution in [0.1, 0.15) is 21.7 Å². The molecular weight excluding hydrogens is 252 g/mol. The Balaban J connectivity index is 2.21. The van der Waals surface area contributed by atoms with Gasteiger partial charge in [0.1, 0.15) is 5.15 Å². The molecule has 2 rings (SSSR count). The molecule has 0 radical (unpaired) electrons. The van der Waals surface area contributed by atoms with Gasteiger partial charge in [0.05, 0.1) is 0 Å². The van der Waals surface area contributed by atoms with E-state index in [4.69, 9.17) is 11.6 Å². The van der Waals surface area contributed by atoms with Crippen LogP contribution in [0.25, 0.3) is 0 Å². The summed E-state index contributed by atoms with van der Waals surface area (Å²) in [7, 11) is 0. The lowest BCUT2D eigenvalue weighted by atomic mass is 10.2. The summed E-state index contributed by atoms with van der Waals surface area (Å²) < 4.78 is 0. The summed E-state index contributed by atoms with van der Waals surface area (Å²) in [6.07, 6.45) is 1.47. The molecule has 2 aromatic heterocycles. The van der Waals surface area contributed by atoms with Crippen LogP contribution in [0.15, 0.2) is 24.4 Å². The molecule has 0 atom stereocenters. The van der Waals surface area contributed by atoms with E-state index >= 15 is 0 Å². The second kappa shape index (κ2) is 5.10. The molecule has 0 spiro atoms. The molecule has 1 amide bonds. The van der Waals surface area contributed by atoms with Crippen molar-refractivity contribution in [3.8, 4) is 0 Å². The summed E-state index contributed by atoms with van der Waals surface area (Å²) in [6.45, 7) is 3.68. The van der Waals surface area contributed by atoms with E-state index in [1.165, 1.54) is 12.3 Å². The molecule has 2 heterocycles. The van der Waals surface area contributed by atoms with Crippen molar-refractivity contribution < 1.29 is 4.79 Å². The van der Waals surface area contributed by atoms with Crippen molar-refractivity contribution in [1.29, 1.82) is 0 Å². The number of carbonyl (C=O) groups excluding carboxylic acids is 1. The molecule has 0 aliphatic rings. The minimum Gasteiger partial charge on any atom is -0.290 e. The van der Waals surface area contributed by atoms with Crippen LogP contribution in [0.3, 0.4) is 0 Å². The Hall–Kier alpha value is -2.01. The molecule has 92 valence electrons. The van der Waals surface area contributed by atoms with Crippen molar-refractivity contribution in [2.45, 2.75) is 13.8 Å². The molecule has 1 N–H and O–H groups in total. The van der Waals surface area contributed by atoms with E-state index < -0.39 is 0 Å². The van der Waals surface area contributed by atoms with Gasteiger partial charge in [0.2, 0.25) is 5.95 Å². The number of aryl methyl sites for hydroxylation is 2. The molecular formula is C12H11ClN4O. The van der Waals surface area contributed by atoms with Gasteiger partial charge in [-0.2, -0.15) is 0 Å². The Morgan fingerprint density at radius 3 is 2.50 bits per heavy atom. The highest BCUT2D eigenvalue weighted by molar-refractivity contribution is 6.29. The molecule has 6 heteroatoms. The second-order valence-corrected chi connectivity index (χ2v) is 4.18. The van der Waals surface area contributed by atoms with Crippen LogP contribution in [-0.2, 0) is 0 Å². The van der Waals surface area contributed by atoms with E-state index in [2.05, 4.69) is 20.3 Å². The highest BCUT2D eigenvalue weighted by Crippen LogP contribution is 2.10. The number of hydrogen-bond donors (Lipinski definition) is 1. The number of halogens is 1. The number of anilines is 1. The number of carbonyl (C=O) groups is 1. The van der Waals surface area contributed by atoms with Gasteiger partial charge in [0, 0.05) is 23.1 Å². The fraction of sp³-hybridized carbons (Fsp3) is 0.167. The third-order valence-electron chi connectivity index (χ3n) is 2.20. The van der Waals surface area contributed by atoms with Crippen molar-refractivity contribution in [3.05, 3.63) is 46.5 Å². The second-order valence-electron chi connectivity index (χ2n) is 3.80. The molecule has 0 saturated heterocycles. The first-order valence-electron chi connectivity index (χ1n) is 5.30.